The zero-order chi connectivity index (χ0) is 23.2. The van der Waals surface area contributed by atoms with Crippen molar-refractivity contribution in [2.24, 2.45) is 7.05 Å². The Labute approximate surface area is 195 Å². The Morgan fingerprint density at radius 1 is 0.971 bits per heavy atom. The molecule has 1 N–H and O–H groups in total. The van der Waals surface area contributed by atoms with Gasteiger partial charge < -0.3 is 9.73 Å². The fraction of sp³-hybridized carbons (Fsp3) is 0.0741. The van der Waals surface area contributed by atoms with Gasteiger partial charge in [-0.25, -0.2) is 4.98 Å². The van der Waals surface area contributed by atoms with Crippen LogP contribution in [0.4, 0.5) is 5.69 Å². The summed E-state index contributed by atoms with van der Waals surface area (Å²) < 4.78 is 9.89. The normalized spacial score (nSPS) is 11.4. The molecule has 0 aliphatic carbocycles. The number of benzene rings is 3. The Morgan fingerprint density at radius 2 is 1.85 bits per heavy atom. The minimum absolute atomic E-state index is 0.135. The zero-order valence-corrected chi connectivity index (χ0v) is 18.7. The number of furan rings is 1. The molecule has 7 nitrogen and oxygen atoms in total. The maximum absolute atomic E-state index is 11.8. The number of hydrogen-bond donors (Lipinski definition) is 1. The SMILES string of the molecule is CC(=O)Nc1cc(-c2cc3ccccc3o2)cc(-n2cnc3cc(-c4cnn(C)c4)ccc32)c1. The summed E-state index contributed by atoms with van der Waals surface area (Å²) in [6, 6.07) is 22.0. The molecule has 0 bridgehead atoms. The predicted molar refractivity (Wildman–Crippen MR) is 133 cm³/mol. The zero-order valence-electron chi connectivity index (χ0n) is 18.7. The van der Waals surface area contributed by atoms with Crippen molar-refractivity contribution in [2.45, 2.75) is 6.92 Å². The van der Waals surface area contributed by atoms with E-state index in [1.807, 2.05) is 72.5 Å². The quantitative estimate of drug-likeness (QED) is 0.371. The number of hydrogen-bond acceptors (Lipinski definition) is 4. The highest BCUT2D eigenvalue weighted by Crippen LogP contribution is 2.33. The summed E-state index contributed by atoms with van der Waals surface area (Å²) in [6.07, 6.45) is 5.62. The van der Waals surface area contributed by atoms with Gasteiger partial charge in [-0.2, -0.15) is 5.10 Å². The van der Waals surface area contributed by atoms with Crippen LogP contribution in [0.3, 0.4) is 0 Å². The maximum atomic E-state index is 11.8. The third kappa shape index (κ3) is 3.53. The van der Waals surface area contributed by atoms with Crippen molar-refractivity contribution in [3.8, 4) is 28.1 Å². The molecule has 0 aliphatic rings. The lowest BCUT2D eigenvalue weighted by Crippen LogP contribution is -2.06. The first-order valence-corrected chi connectivity index (χ1v) is 10.9. The van der Waals surface area contributed by atoms with Gasteiger partial charge in [-0.3, -0.25) is 14.0 Å². The van der Waals surface area contributed by atoms with Gasteiger partial charge in [0.15, 0.2) is 0 Å². The number of amides is 1. The molecule has 0 atom stereocenters. The second-order valence-electron chi connectivity index (χ2n) is 8.32. The van der Waals surface area contributed by atoms with Crippen molar-refractivity contribution >= 4 is 33.6 Å². The summed E-state index contributed by atoms with van der Waals surface area (Å²) in [5.41, 5.74) is 7.18. The number of aromatic nitrogens is 4. The van der Waals surface area contributed by atoms with Crippen LogP contribution in [-0.2, 0) is 11.8 Å². The number of imidazole rings is 1. The van der Waals surface area contributed by atoms with E-state index in [1.54, 1.807) is 11.0 Å². The van der Waals surface area contributed by atoms with Crippen molar-refractivity contribution in [3.05, 3.63) is 85.5 Å². The highest BCUT2D eigenvalue weighted by molar-refractivity contribution is 5.91. The molecular formula is C27H21N5O2. The van der Waals surface area contributed by atoms with Gasteiger partial charge >= 0.3 is 0 Å². The molecule has 3 aromatic heterocycles. The Kier molecular flexibility index (Phi) is 4.55. The molecule has 166 valence electrons. The number of anilines is 1. The number of carbonyl (C=O) groups excluding carboxylic acids is 1. The lowest BCUT2D eigenvalue weighted by Gasteiger charge is -2.11. The van der Waals surface area contributed by atoms with Gasteiger partial charge in [0.25, 0.3) is 0 Å². The van der Waals surface area contributed by atoms with Gasteiger partial charge in [0.05, 0.1) is 17.2 Å². The summed E-state index contributed by atoms with van der Waals surface area (Å²) in [5, 5.41) is 8.20. The summed E-state index contributed by atoms with van der Waals surface area (Å²) in [7, 11) is 1.90. The third-order valence-corrected chi connectivity index (χ3v) is 5.81. The first kappa shape index (κ1) is 20.0. The molecule has 0 saturated carbocycles. The molecule has 0 fully saturated rings. The monoisotopic (exact) mass is 447 g/mol. The Bertz CT molecular complexity index is 1660. The van der Waals surface area contributed by atoms with E-state index in [2.05, 4.69) is 33.6 Å². The molecule has 6 aromatic rings. The number of nitrogens with one attached hydrogen (secondary N) is 1. The number of aryl methyl sites for hydroxylation is 1. The molecule has 0 aliphatic heterocycles. The van der Waals surface area contributed by atoms with Crippen LogP contribution in [0.5, 0.6) is 0 Å². The number of fused-ring (bicyclic) bond motifs is 2. The summed E-state index contributed by atoms with van der Waals surface area (Å²) in [6.45, 7) is 1.50. The van der Waals surface area contributed by atoms with Crippen molar-refractivity contribution in [1.29, 1.82) is 0 Å². The van der Waals surface area contributed by atoms with Crippen molar-refractivity contribution < 1.29 is 9.21 Å². The first-order chi connectivity index (χ1) is 16.5. The number of nitrogens with zero attached hydrogens (tertiary/aromatic N) is 4. The van der Waals surface area contributed by atoms with Crippen molar-refractivity contribution in [2.75, 3.05) is 5.32 Å². The number of rotatable bonds is 4. The second-order valence-corrected chi connectivity index (χ2v) is 8.32. The molecule has 34 heavy (non-hydrogen) atoms. The minimum Gasteiger partial charge on any atom is -0.456 e. The van der Waals surface area contributed by atoms with Crippen LogP contribution >= 0.6 is 0 Å². The van der Waals surface area contributed by atoms with Gasteiger partial charge in [0.1, 0.15) is 17.7 Å². The van der Waals surface area contributed by atoms with Gasteiger partial charge in [-0.1, -0.05) is 24.3 Å². The Morgan fingerprint density at radius 3 is 2.65 bits per heavy atom. The Hall–Kier alpha value is -4.65. The third-order valence-electron chi connectivity index (χ3n) is 5.81. The van der Waals surface area contributed by atoms with E-state index in [4.69, 9.17) is 4.42 Å². The molecule has 6 rings (SSSR count). The van der Waals surface area contributed by atoms with Gasteiger partial charge in [-0.15, -0.1) is 0 Å². The van der Waals surface area contributed by atoms with Crippen LogP contribution < -0.4 is 5.32 Å². The van der Waals surface area contributed by atoms with Crippen LogP contribution in [0, 0.1) is 0 Å². The van der Waals surface area contributed by atoms with Crippen LogP contribution in [0.15, 0.2) is 89.9 Å². The molecule has 0 radical (unpaired) electrons. The van der Waals surface area contributed by atoms with E-state index in [-0.39, 0.29) is 5.91 Å². The molecule has 0 unspecified atom stereocenters. The Balaban J connectivity index is 1.48. The molecule has 3 heterocycles. The number of para-hydroxylation sites is 1. The number of carbonyl (C=O) groups is 1. The average molecular weight is 447 g/mol. The van der Waals surface area contributed by atoms with Crippen LogP contribution in [0.25, 0.3) is 50.1 Å². The first-order valence-electron chi connectivity index (χ1n) is 10.9. The lowest BCUT2D eigenvalue weighted by molar-refractivity contribution is -0.114. The van der Waals surface area contributed by atoms with Crippen LogP contribution in [-0.4, -0.2) is 25.2 Å². The van der Waals surface area contributed by atoms with Crippen molar-refractivity contribution in [1.82, 2.24) is 19.3 Å². The molecule has 0 spiro atoms. The van der Waals surface area contributed by atoms with E-state index < -0.39 is 0 Å². The lowest BCUT2D eigenvalue weighted by atomic mass is 10.1. The van der Waals surface area contributed by atoms with Crippen molar-refractivity contribution in [3.63, 3.8) is 0 Å². The van der Waals surface area contributed by atoms with Crippen LogP contribution in [0.2, 0.25) is 0 Å². The highest BCUT2D eigenvalue weighted by atomic mass is 16.3. The molecular weight excluding hydrogens is 426 g/mol. The summed E-state index contributed by atoms with van der Waals surface area (Å²) in [4.78, 5) is 16.5. The summed E-state index contributed by atoms with van der Waals surface area (Å²) >= 11 is 0. The van der Waals surface area contributed by atoms with E-state index in [0.717, 1.165) is 50.1 Å². The van der Waals surface area contributed by atoms with E-state index in [1.165, 1.54) is 6.92 Å². The van der Waals surface area contributed by atoms with E-state index in [0.29, 0.717) is 5.69 Å². The predicted octanol–water partition coefficient (Wildman–Crippen LogP) is 5.80. The average Bonchev–Trinajstić information content (AvgIpc) is 3.55. The molecule has 1 amide bonds. The second kappa shape index (κ2) is 7.74. The smallest absolute Gasteiger partial charge is 0.221 e. The highest BCUT2D eigenvalue weighted by Gasteiger charge is 2.13. The van der Waals surface area contributed by atoms with E-state index >= 15 is 0 Å². The fourth-order valence-corrected chi connectivity index (χ4v) is 4.26. The van der Waals surface area contributed by atoms with Gasteiger partial charge in [-0.05, 0) is 48.0 Å². The minimum atomic E-state index is -0.135. The maximum Gasteiger partial charge on any atom is 0.221 e. The largest absolute Gasteiger partial charge is 0.456 e. The molecule has 7 heteroatoms. The topological polar surface area (TPSA) is 77.9 Å². The fourth-order valence-electron chi connectivity index (χ4n) is 4.26. The van der Waals surface area contributed by atoms with Gasteiger partial charge in [0.2, 0.25) is 5.91 Å². The van der Waals surface area contributed by atoms with Gasteiger partial charge in [0, 0.05) is 48.1 Å². The standard InChI is InChI=1S/C27H21N5O2/c1-17(33)30-22-9-20(27-12-19-5-3-4-6-26(19)34-27)10-23(13-22)32-16-28-24-11-18(7-8-25(24)32)21-14-29-31(2)15-21/h3-16H,1-2H3,(H,30,33). The van der Waals surface area contributed by atoms with E-state index in [9.17, 15) is 4.79 Å². The molecule has 3 aromatic carbocycles. The van der Waals surface area contributed by atoms with Crippen LogP contribution in [0.1, 0.15) is 6.92 Å². The molecule has 0 saturated heterocycles. The summed E-state index contributed by atoms with van der Waals surface area (Å²) in [5.74, 6) is 0.599.